The Bertz CT molecular complexity index is 721. The molecule has 1 aliphatic rings. The van der Waals surface area contributed by atoms with E-state index in [1.807, 2.05) is 0 Å². The van der Waals surface area contributed by atoms with E-state index in [0.29, 0.717) is 17.2 Å². The minimum Gasteiger partial charge on any atom is -0.306 e. The molecule has 1 aromatic heterocycles. The Morgan fingerprint density at radius 2 is 1.92 bits per heavy atom. The average Bonchev–Trinajstić information content (AvgIpc) is 3.02. The van der Waals surface area contributed by atoms with Gasteiger partial charge in [-0.3, -0.25) is 0 Å². The lowest BCUT2D eigenvalue weighted by Crippen LogP contribution is -2.13. The summed E-state index contributed by atoms with van der Waals surface area (Å²) < 4.78 is 40.6. The van der Waals surface area contributed by atoms with Gasteiger partial charge in [-0.15, -0.1) is 10.2 Å². The van der Waals surface area contributed by atoms with E-state index in [9.17, 15) is 13.2 Å². The molecular formula is C19H24F3N3S. The van der Waals surface area contributed by atoms with Crippen molar-refractivity contribution in [2.24, 2.45) is 5.92 Å². The molecule has 1 saturated carbocycles. The molecule has 0 saturated heterocycles. The van der Waals surface area contributed by atoms with Crippen molar-refractivity contribution in [2.45, 2.75) is 69.1 Å². The fourth-order valence-electron chi connectivity index (χ4n) is 3.53. The highest BCUT2D eigenvalue weighted by atomic mass is 32.2. The van der Waals surface area contributed by atoms with E-state index in [2.05, 4.69) is 21.7 Å². The molecule has 2 aromatic rings. The normalized spacial score (nSPS) is 16.2. The molecule has 0 amide bonds. The first kappa shape index (κ1) is 19.3. The summed E-state index contributed by atoms with van der Waals surface area (Å²) in [6, 6.07) is 5.49. The molecule has 1 heterocycles. The molecule has 142 valence electrons. The Morgan fingerprint density at radius 1 is 1.15 bits per heavy atom. The number of benzene rings is 1. The fourth-order valence-corrected chi connectivity index (χ4v) is 4.49. The van der Waals surface area contributed by atoms with E-state index in [1.54, 1.807) is 6.07 Å². The predicted molar refractivity (Wildman–Crippen MR) is 97.0 cm³/mol. The number of aromatic nitrogens is 3. The summed E-state index contributed by atoms with van der Waals surface area (Å²) in [6.07, 6.45) is 3.06. The van der Waals surface area contributed by atoms with Crippen molar-refractivity contribution in [3.8, 4) is 0 Å². The molecule has 0 atom stereocenters. The lowest BCUT2D eigenvalue weighted by molar-refractivity contribution is -0.137. The van der Waals surface area contributed by atoms with Gasteiger partial charge in [-0.1, -0.05) is 62.1 Å². The summed E-state index contributed by atoms with van der Waals surface area (Å²) in [5.41, 5.74) is 0.0369. The van der Waals surface area contributed by atoms with E-state index in [1.165, 1.54) is 56.0 Å². The van der Waals surface area contributed by atoms with Crippen LogP contribution in [0.2, 0.25) is 0 Å². The maximum Gasteiger partial charge on any atom is 0.416 e. The van der Waals surface area contributed by atoms with Crippen LogP contribution in [0.25, 0.3) is 0 Å². The van der Waals surface area contributed by atoms with Crippen molar-refractivity contribution in [1.29, 1.82) is 0 Å². The van der Waals surface area contributed by atoms with Gasteiger partial charge in [-0.2, -0.15) is 13.2 Å². The van der Waals surface area contributed by atoms with Crippen LogP contribution in [-0.2, 0) is 24.9 Å². The third-order valence-corrected chi connectivity index (χ3v) is 5.97. The van der Waals surface area contributed by atoms with Gasteiger partial charge >= 0.3 is 6.18 Å². The van der Waals surface area contributed by atoms with Crippen LogP contribution in [0, 0.1) is 5.92 Å². The summed E-state index contributed by atoms with van der Waals surface area (Å²) in [7, 11) is 0. The molecule has 26 heavy (non-hydrogen) atoms. The van der Waals surface area contributed by atoms with Crippen molar-refractivity contribution in [1.82, 2.24) is 14.8 Å². The van der Waals surface area contributed by atoms with Gasteiger partial charge in [0.25, 0.3) is 0 Å². The minimum atomic E-state index is -4.31. The molecule has 0 N–H and O–H groups in total. The first-order valence-electron chi connectivity index (χ1n) is 9.18. The van der Waals surface area contributed by atoms with Crippen molar-refractivity contribution >= 4 is 11.8 Å². The van der Waals surface area contributed by atoms with E-state index in [0.717, 1.165) is 30.0 Å². The third-order valence-electron chi connectivity index (χ3n) is 4.93. The van der Waals surface area contributed by atoms with Crippen molar-refractivity contribution in [3.05, 3.63) is 41.2 Å². The van der Waals surface area contributed by atoms with Gasteiger partial charge in [-0.05, 0) is 24.5 Å². The summed E-state index contributed by atoms with van der Waals surface area (Å²) in [6.45, 7) is 2.84. The van der Waals surface area contributed by atoms with Crippen LogP contribution < -0.4 is 0 Å². The van der Waals surface area contributed by atoms with E-state index >= 15 is 0 Å². The Morgan fingerprint density at radius 3 is 2.62 bits per heavy atom. The highest BCUT2D eigenvalue weighted by molar-refractivity contribution is 7.98. The Labute approximate surface area is 156 Å². The first-order chi connectivity index (χ1) is 12.5. The number of rotatable bonds is 6. The van der Waals surface area contributed by atoms with Gasteiger partial charge in [0.05, 0.1) is 5.56 Å². The fraction of sp³-hybridized carbons (Fsp3) is 0.579. The Kier molecular flexibility index (Phi) is 6.27. The zero-order valence-electron chi connectivity index (χ0n) is 14.9. The largest absolute Gasteiger partial charge is 0.416 e. The number of nitrogens with zero attached hydrogens (tertiary/aromatic N) is 3. The van der Waals surface area contributed by atoms with E-state index < -0.39 is 11.7 Å². The highest BCUT2D eigenvalue weighted by Gasteiger charge is 2.30. The topological polar surface area (TPSA) is 30.7 Å². The lowest BCUT2D eigenvalue weighted by atomic mass is 9.87. The smallest absolute Gasteiger partial charge is 0.306 e. The standard InChI is InChI=1S/C19H24F3N3S/c1-2-25-17(12-14-7-4-3-5-8-14)23-24-18(25)26-13-15-9-6-10-16(11-15)19(20,21)22/h6,9-11,14H,2-5,7-8,12-13H2,1H3. The van der Waals surface area contributed by atoms with Crippen LogP contribution in [0.3, 0.4) is 0 Å². The van der Waals surface area contributed by atoms with Gasteiger partial charge in [0.1, 0.15) is 5.82 Å². The number of alkyl halides is 3. The molecule has 1 fully saturated rings. The van der Waals surface area contributed by atoms with Crippen molar-refractivity contribution < 1.29 is 13.2 Å². The summed E-state index contributed by atoms with van der Waals surface area (Å²) >= 11 is 1.45. The molecule has 1 aromatic carbocycles. The molecular weight excluding hydrogens is 359 g/mol. The van der Waals surface area contributed by atoms with Crippen LogP contribution in [0.1, 0.15) is 56.0 Å². The van der Waals surface area contributed by atoms with Gasteiger partial charge in [0, 0.05) is 18.7 Å². The van der Waals surface area contributed by atoms with E-state index in [-0.39, 0.29) is 0 Å². The molecule has 7 heteroatoms. The van der Waals surface area contributed by atoms with Gasteiger partial charge in [0.15, 0.2) is 5.16 Å². The molecule has 0 bridgehead atoms. The molecule has 3 rings (SSSR count). The second-order valence-electron chi connectivity index (χ2n) is 6.84. The van der Waals surface area contributed by atoms with Crippen LogP contribution in [0.15, 0.2) is 29.4 Å². The predicted octanol–water partition coefficient (Wildman–Crippen LogP) is 5.73. The minimum absolute atomic E-state index is 0.450. The molecule has 1 aliphatic carbocycles. The SMILES string of the molecule is CCn1c(CC2CCCCC2)nnc1SCc1cccc(C(F)(F)F)c1. The number of hydrogen-bond acceptors (Lipinski definition) is 3. The first-order valence-corrected chi connectivity index (χ1v) is 10.2. The lowest BCUT2D eigenvalue weighted by Gasteiger charge is -2.21. The zero-order chi connectivity index (χ0) is 18.6. The Balaban J connectivity index is 1.66. The summed E-state index contributed by atoms with van der Waals surface area (Å²) in [5, 5.41) is 9.44. The average molecular weight is 383 g/mol. The van der Waals surface area contributed by atoms with Crippen molar-refractivity contribution in [2.75, 3.05) is 0 Å². The van der Waals surface area contributed by atoms with Crippen LogP contribution >= 0.6 is 11.8 Å². The zero-order valence-corrected chi connectivity index (χ0v) is 15.7. The second kappa shape index (κ2) is 8.46. The van der Waals surface area contributed by atoms with Crippen molar-refractivity contribution in [3.63, 3.8) is 0 Å². The summed E-state index contributed by atoms with van der Waals surface area (Å²) in [5.74, 6) is 2.14. The van der Waals surface area contributed by atoms with Gasteiger partial charge in [0.2, 0.25) is 0 Å². The number of halogens is 3. The Hall–Kier alpha value is -1.50. The second-order valence-corrected chi connectivity index (χ2v) is 7.78. The number of hydrogen-bond donors (Lipinski definition) is 0. The maximum absolute atomic E-state index is 12.8. The molecule has 0 aliphatic heterocycles. The highest BCUT2D eigenvalue weighted by Crippen LogP contribution is 2.32. The van der Waals surface area contributed by atoms with Gasteiger partial charge in [-0.25, -0.2) is 0 Å². The quantitative estimate of drug-likeness (QED) is 0.597. The van der Waals surface area contributed by atoms with Crippen LogP contribution in [0.5, 0.6) is 0 Å². The van der Waals surface area contributed by atoms with Crippen LogP contribution in [-0.4, -0.2) is 14.8 Å². The molecule has 3 nitrogen and oxygen atoms in total. The number of thioether (sulfide) groups is 1. The maximum atomic E-state index is 12.8. The molecule has 0 spiro atoms. The molecule has 0 unspecified atom stereocenters. The third kappa shape index (κ3) is 4.81. The van der Waals surface area contributed by atoms with Crippen LogP contribution in [0.4, 0.5) is 13.2 Å². The summed E-state index contributed by atoms with van der Waals surface area (Å²) in [4.78, 5) is 0. The molecule has 0 radical (unpaired) electrons. The monoisotopic (exact) mass is 383 g/mol. The van der Waals surface area contributed by atoms with E-state index in [4.69, 9.17) is 0 Å². The van der Waals surface area contributed by atoms with Gasteiger partial charge < -0.3 is 4.57 Å².